The third kappa shape index (κ3) is 6.71. The average molecular weight is 386 g/mol. The van der Waals surface area contributed by atoms with Gasteiger partial charge < -0.3 is 15.0 Å². The molecular weight excluding hydrogens is 363 g/mol. The normalized spacial score (nSPS) is 10.9. The molecule has 0 heterocycles. The summed E-state index contributed by atoms with van der Waals surface area (Å²) < 4.78 is 18.3. The number of nitrogens with one attached hydrogen (secondary N) is 2. The van der Waals surface area contributed by atoms with Gasteiger partial charge in [-0.25, -0.2) is 9.82 Å². The lowest BCUT2D eigenvalue weighted by Crippen LogP contribution is -2.27. The monoisotopic (exact) mass is 386 g/mol. The maximum atomic E-state index is 12.8. The molecule has 2 aromatic rings. The molecule has 0 aliphatic carbocycles. The molecule has 2 N–H and O–H groups in total. The lowest BCUT2D eigenvalue weighted by Gasteiger charge is -2.11. The van der Waals surface area contributed by atoms with Crippen molar-refractivity contribution in [1.82, 2.24) is 10.3 Å². The molecule has 2 aromatic carbocycles. The second-order valence-corrected chi connectivity index (χ2v) is 6.19. The Hall–Kier alpha value is -3.42. The molecule has 0 bridgehead atoms. The van der Waals surface area contributed by atoms with E-state index in [4.69, 9.17) is 4.74 Å². The fourth-order valence-electron chi connectivity index (χ4n) is 2.07. The van der Waals surface area contributed by atoms with Gasteiger partial charge >= 0.3 is 0 Å². The number of amides is 2. The molecule has 28 heavy (non-hydrogen) atoms. The Bertz CT molecular complexity index is 834. The van der Waals surface area contributed by atoms with Crippen LogP contribution in [0, 0.1) is 5.82 Å². The number of rotatable bonds is 8. The number of ether oxygens (including phenoxy) is 1. The highest BCUT2D eigenvalue weighted by Gasteiger charge is 2.06. The molecule has 0 fully saturated rings. The zero-order valence-electron chi connectivity index (χ0n) is 16.0. The zero-order chi connectivity index (χ0) is 20.5. The largest absolute Gasteiger partial charge is 0.484 e. The van der Waals surface area contributed by atoms with Gasteiger partial charge in [-0.05, 0) is 61.0 Å². The number of likely N-dealkylation sites (N-methyl/N-ethyl adjacent to an activating group) is 1. The van der Waals surface area contributed by atoms with E-state index >= 15 is 0 Å². The first kappa shape index (κ1) is 20.9. The van der Waals surface area contributed by atoms with Gasteiger partial charge in [0.05, 0.1) is 12.3 Å². The van der Waals surface area contributed by atoms with Crippen molar-refractivity contribution in [3.05, 3.63) is 59.9 Å². The van der Waals surface area contributed by atoms with Crippen molar-refractivity contribution in [2.45, 2.75) is 6.92 Å². The van der Waals surface area contributed by atoms with Gasteiger partial charge in [0.25, 0.3) is 11.8 Å². The van der Waals surface area contributed by atoms with E-state index in [0.717, 1.165) is 5.56 Å². The van der Waals surface area contributed by atoms with E-state index in [1.54, 1.807) is 57.4 Å². The SMILES string of the molecule is CC(=NNC(=O)CNc1ccc(F)cc1)c1ccc(OCC(=O)N(C)C)cc1. The summed E-state index contributed by atoms with van der Waals surface area (Å²) in [4.78, 5) is 24.8. The summed E-state index contributed by atoms with van der Waals surface area (Å²) in [5, 5.41) is 6.94. The molecule has 2 amide bonds. The highest BCUT2D eigenvalue weighted by atomic mass is 19.1. The summed E-state index contributed by atoms with van der Waals surface area (Å²) in [7, 11) is 3.33. The van der Waals surface area contributed by atoms with Gasteiger partial charge in [-0.3, -0.25) is 9.59 Å². The number of hydrogen-bond acceptors (Lipinski definition) is 5. The van der Waals surface area contributed by atoms with Crippen molar-refractivity contribution in [2.24, 2.45) is 5.10 Å². The second-order valence-electron chi connectivity index (χ2n) is 6.19. The topological polar surface area (TPSA) is 83.0 Å². The molecule has 0 aliphatic rings. The molecule has 0 atom stereocenters. The van der Waals surface area contributed by atoms with Gasteiger partial charge in [-0.1, -0.05) is 0 Å². The Morgan fingerprint density at radius 2 is 1.71 bits per heavy atom. The van der Waals surface area contributed by atoms with Crippen LogP contribution >= 0.6 is 0 Å². The molecule has 148 valence electrons. The minimum Gasteiger partial charge on any atom is -0.484 e. The molecule has 0 spiro atoms. The fraction of sp³-hybridized carbons (Fsp3) is 0.250. The van der Waals surface area contributed by atoms with E-state index in [0.29, 0.717) is 17.1 Å². The van der Waals surface area contributed by atoms with Crippen LogP contribution in [0.15, 0.2) is 53.6 Å². The number of hydrogen-bond donors (Lipinski definition) is 2. The van der Waals surface area contributed by atoms with Gasteiger partial charge in [0.1, 0.15) is 11.6 Å². The number of carbonyl (C=O) groups is 2. The highest BCUT2D eigenvalue weighted by Crippen LogP contribution is 2.13. The van der Waals surface area contributed by atoms with Crippen LogP contribution < -0.4 is 15.5 Å². The summed E-state index contributed by atoms with van der Waals surface area (Å²) in [5.74, 6) is -0.222. The Labute approximate surface area is 163 Å². The van der Waals surface area contributed by atoms with Gasteiger partial charge in [0, 0.05) is 19.8 Å². The van der Waals surface area contributed by atoms with Crippen molar-refractivity contribution in [3.63, 3.8) is 0 Å². The zero-order valence-corrected chi connectivity index (χ0v) is 16.0. The van der Waals surface area contributed by atoms with Gasteiger partial charge in [0.15, 0.2) is 6.61 Å². The summed E-state index contributed by atoms with van der Waals surface area (Å²) in [5.41, 5.74) is 4.52. The molecule has 0 radical (unpaired) electrons. The number of carbonyl (C=O) groups excluding carboxylic acids is 2. The Kier molecular flexibility index (Phi) is 7.50. The van der Waals surface area contributed by atoms with Crippen LogP contribution in [0.4, 0.5) is 10.1 Å². The lowest BCUT2D eigenvalue weighted by atomic mass is 10.1. The molecule has 2 rings (SSSR count). The van der Waals surface area contributed by atoms with Crippen molar-refractivity contribution in [2.75, 3.05) is 32.6 Å². The third-order valence-electron chi connectivity index (χ3n) is 3.78. The van der Waals surface area contributed by atoms with Gasteiger partial charge in [0.2, 0.25) is 0 Å². The number of anilines is 1. The van der Waals surface area contributed by atoms with Crippen LogP contribution in [-0.4, -0.2) is 49.7 Å². The average Bonchev–Trinajstić information content (AvgIpc) is 2.70. The first-order valence-electron chi connectivity index (χ1n) is 8.61. The van der Waals surface area contributed by atoms with Crippen LogP contribution in [0.2, 0.25) is 0 Å². The van der Waals surface area contributed by atoms with E-state index in [-0.39, 0.29) is 30.8 Å². The van der Waals surface area contributed by atoms with Gasteiger partial charge in [-0.2, -0.15) is 5.10 Å². The Morgan fingerprint density at radius 1 is 1.07 bits per heavy atom. The molecular formula is C20H23FN4O3. The number of halogens is 1. The minimum atomic E-state index is -0.337. The first-order valence-corrected chi connectivity index (χ1v) is 8.61. The van der Waals surface area contributed by atoms with E-state index in [2.05, 4.69) is 15.8 Å². The van der Waals surface area contributed by atoms with Crippen LogP contribution in [-0.2, 0) is 9.59 Å². The molecule has 0 aromatic heterocycles. The van der Waals surface area contributed by atoms with Crippen molar-refractivity contribution in [1.29, 1.82) is 0 Å². The van der Waals surface area contributed by atoms with Crippen molar-refractivity contribution in [3.8, 4) is 5.75 Å². The highest BCUT2D eigenvalue weighted by molar-refractivity contribution is 5.99. The van der Waals surface area contributed by atoms with Crippen molar-refractivity contribution >= 4 is 23.2 Å². The number of hydrazone groups is 1. The van der Waals surface area contributed by atoms with E-state index < -0.39 is 0 Å². The van der Waals surface area contributed by atoms with E-state index in [1.807, 2.05) is 0 Å². The maximum absolute atomic E-state index is 12.8. The second kappa shape index (κ2) is 10.1. The molecule has 7 nitrogen and oxygen atoms in total. The molecule has 0 unspecified atom stereocenters. The summed E-state index contributed by atoms with van der Waals surface area (Å²) in [6, 6.07) is 12.8. The fourth-order valence-corrected chi connectivity index (χ4v) is 2.07. The van der Waals surface area contributed by atoms with E-state index in [1.165, 1.54) is 17.0 Å². The maximum Gasteiger partial charge on any atom is 0.259 e. The predicted octanol–water partition coefficient (Wildman–Crippen LogP) is 2.25. The van der Waals surface area contributed by atoms with Crippen LogP contribution in [0.25, 0.3) is 0 Å². The standard InChI is InChI=1S/C20H23FN4O3/c1-14(15-4-10-18(11-5-15)28-13-20(27)25(2)3)23-24-19(26)12-22-17-8-6-16(21)7-9-17/h4-11,22H,12-13H2,1-3H3,(H,24,26). The molecule has 0 saturated carbocycles. The number of nitrogens with zero attached hydrogens (tertiary/aromatic N) is 2. The first-order chi connectivity index (χ1) is 13.3. The lowest BCUT2D eigenvalue weighted by molar-refractivity contribution is -0.130. The van der Waals surface area contributed by atoms with Crippen LogP contribution in [0.5, 0.6) is 5.75 Å². The molecule has 0 saturated heterocycles. The summed E-state index contributed by atoms with van der Waals surface area (Å²) in [6.45, 7) is 1.74. The quantitative estimate of drug-likeness (QED) is 0.538. The third-order valence-corrected chi connectivity index (χ3v) is 3.78. The minimum absolute atomic E-state index is 0.00902. The molecule has 0 aliphatic heterocycles. The van der Waals surface area contributed by atoms with Crippen molar-refractivity contribution < 1.29 is 18.7 Å². The van der Waals surface area contributed by atoms with Crippen LogP contribution in [0.3, 0.4) is 0 Å². The van der Waals surface area contributed by atoms with Gasteiger partial charge in [-0.15, -0.1) is 0 Å². The smallest absolute Gasteiger partial charge is 0.259 e. The predicted molar refractivity (Wildman–Crippen MR) is 106 cm³/mol. The summed E-state index contributed by atoms with van der Waals surface area (Å²) in [6.07, 6.45) is 0. The Balaban J connectivity index is 1.82. The van der Waals surface area contributed by atoms with E-state index in [9.17, 15) is 14.0 Å². The van der Waals surface area contributed by atoms with Crippen LogP contribution in [0.1, 0.15) is 12.5 Å². The number of benzene rings is 2. The summed E-state index contributed by atoms with van der Waals surface area (Å²) >= 11 is 0. The molecule has 8 heteroatoms. The Morgan fingerprint density at radius 3 is 2.32 bits per heavy atom.